The number of pyridine rings is 1. The van der Waals surface area contributed by atoms with Crippen molar-refractivity contribution in [2.75, 3.05) is 5.32 Å². The van der Waals surface area contributed by atoms with Gasteiger partial charge in [0.2, 0.25) is 5.91 Å². The van der Waals surface area contributed by atoms with E-state index in [0.29, 0.717) is 29.0 Å². The SMILES string of the molecule is CC(=O)Nc1ccccn1.CC(=O)OOC(=O)[C@@]12CC[C@]3(C)[C@H](CC[C@@H]4[C@@]5(C)CCCC(C)(C)[C@@H]5CC[C@]43C)C1=C(C(C)C)C(=O)C2. The molecule has 0 aromatic carbocycles. The minimum Gasteiger partial charge on any atom is -0.311 e. The Balaban J connectivity index is 0.000000371. The van der Waals surface area contributed by atoms with Crippen LogP contribution < -0.4 is 5.32 Å². The number of Topliss-reactive ketones (excluding diaryl/α,β-unsaturated/α-hetero) is 1. The van der Waals surface area contributed by atoms with Gasteiger partial charge in [0.05, 0.1) is 0 Å². The van der Waals surface area contributed by atoms with Crippen molar-refractivity contribution in [2.24, 2.45) is 50.7 Å². The topological polar surface area (TPSA) is 112 Å². The number of nitrogens with zero attached hydrogens (tertiary/aromatic N) is 1. The Morgan fingerprint density at radius 2 is 1.60 bits per heavy atom. The van der Waals surface area contributed by atoms with Crippen molar-refractivity contribution in [3.63, 3.8) is 0 Å². The van der Waals surface area contributed by atoms with E-state index >= 15 is 0 Å². The summed E-state index contributed by atoms with van der Waals surface area (Å²) in [5.74, 6) is 0.990. The van der Waals surface area contributed by atoms with Crippen LogP contribution in [0.5, 0.6) is 0 Å². The summed E-state index contributed by atoms with van der Waals surface area (Å²) in [6, 6.07) is 5.35. The third kappa shape index (κ3) is 5.75. The molecule has 4 saturated carbocycles. The first-order valence-electron chi connectivity index (χ1n) is 17.8. The zero-order valence-corrected chi connectivity index (χ0v) is 30.1. The van der Waals surface area contributed by atoms with E-state index in [4.69, 9.17) is 9.78 Å². The highest BCUT2D eigenvalue weighted by Crippen LogP contribution is 2.76. The minimum atomic E-state index is -0.993. The molecule has 0 spiro atoms. The number of ketones is 1. The summed E-state index contributed by atoms with van der Waals surface area (Å²) in [6.07, 6.45) is 11.9. The monoisotopic (exact) mass is 648 g/mol. The Morgan fingerprint density at radius 1 is 0.872 bits per heavy atom. The van der Waals surface area contributed by atoms with Gasteiger partial charge in [0, 0.05) is 26.5 Å². The Hall–Kier alpha value is -3.03. The molecule has 8 heteroatoms. The number of allylic oxidation sites excluding steroid dienone is 1. The van der Waals surface area contributed by atoms with Gasteiger partial charge in [-0.05, 0) is 120 Å². The average Bonchev–Trinajstić information content (AvgIpc) is 3.29. The van der Waals surface area contributed by atoms with E-state index in [2.05, 4.69) is 58.8 Å². The van der Waals surface area contributed by atoms with Crippen LogP contribution in [-0.2, 0) is 29.0 Å². The molecule has 258 valence electrons. The van der Waals surface area contributed by atoms with Crippen molar-refractivity contribution in [3.05, 3.63) is 35.5 Å². The lowest BCUT2D eigenvalue weighted by Crippen LogP contribution is -2.64. The molecule has 8 nitrogen and oxygen atoms in total. The Bertz CT molecular complexity index is 1450. The number of rotatable bonds is 3. The van der Waals surface area contributed by atoms with Crippen molar-refractivity contribution in [1.29, 1.82) is 0 Å². The van der Waals surface area contributed by atoms with Crippen LogP contribution in [0.2, 0.25) is 0 Å². The Labute approximate surface area is 281 Å². The molecule has 0 radical (unpaired) electrons. The first kappa shape index (κ1) is 35.3. The van der Waals surface area contributed by atoms with E-state index < -0.39 is 17.4 Å². The van der Waals surface area contributed by atoms with Gasteiger partial charge in [-0.15, -0.1) is 0 Å². The highest BCUT2D eigenvalue weighted by Gasteiger charge is 2.70. The summed E-state index contributed by atoms with van der Waals surface area (Å²) in [4.78, 5) is 62.7. The fourth-order valence-electron chi connectivity index (χ4n) is 11.8. The molecule has 1 amide bonds. The summed E-state index contributed by atoms with van der Waals surface area (Å²) in [5, 5.41) is 2.55. The summed E-state index contributed by atoms with van der Waals surface area (Å²) in [7, 11) is 0. The zero-order valence-electron chi connectivity index (χ0n) is 30.1. The first-order chi connectivity index (χ1) is 21.9. The molecule has 47 heavy (non-hydrogen) atoms. The number of carbonyl (C=O) groups excluding carboxylic acids is 4. The number of aromatic nitrogens is 1. The second-order valence-corrected chi connectivity index (χ2v) is 17.0. The fraction of sp³-hybridized carbons (Fsp3) is 0.718. The maximum absolute atomic E-state index is 13.6. The molecule has 0 unspecified atom stereocenters. The maximum Gasteiger partial charge on any atom is 0.366 e. The Kier molecular flexibility index (Phi) is 9.35. The van der Waals surface area contributed by atoms with Crippen molar-refractivity contribution >= 4 is 29.4 Å². The third-order valence-electron chi connectivity index (χ3n) is 13.8. The first-order valence-corrected chi connectivity index (χ1v) is 17.8. The molecule has 5 aliphatic carbocycles. The van der Waals surface area contributed by atoms with E-state index in [9.17, 15) is 19.2 Å². The number of hydrogen-bond acceptors (Lipinski definition) is 7. The molecule has 1 aromatic heterocycles. The summed E-state index contributed by atoms with van der Waals surface area (Å²) in [6.45, 7) is 19.5. The highest BCUT2D eigenvalue weighted by molar-refractivity contribution is 6.06. The number of anilines is 1. The van der Waals surface area contributed by atoms with E-state index in [1.807, 2.05) is 6.07 Å². The molecule has 6 rings (SSSR count). The van der Waals surface area contributed by atoms with Gasteiger partial charge in [-0.1, -0.05) is 61.0 Å². The molecule has 1 N–H and O–H groups in total. The minimum absolute atomic E-state index is 0.0107. The molecule has 0 bridgehead atoms. The molecule has 0 aliphatic heterocycles. The predicted octanol–water partition coefficient (Wildman–Crippen LogP) is 8.42. The fourth-order valence-corrected chi connectivity index (χ4v) is 11.8. The van der Waals surface area contributed by atoms with Crippen LogP contribution in [0.15, 0.2) is 35.5 Å². The van der Waals surface area contributed by atoms with Gasteiger partial charge in [0.25, 0.3) is 0 Å². The summed E-state index contributed by atoms with van der Waals surface area (Å²) in [5.41, 5.74) is 1.78. The number of hydrogen-bond donors (Lipinski definition) is 1. The van der Waals surface area contributed by atoms with Crippen LogP contribution in [-0.4, -0.2) is 28.6 Å². The van der Waals surface area contributed by atoms with Crippen molar-refractivity contribution in [2.45, 2.75) is 127 Å². The van der Waals surface area contributed by atoms with Gasteiger partial charge in [-0.2, -0.15) is 0 Å². The van der Waals surface area contributed by atoms with Crippen molar-refractivity contribution in [1.82, 2.24) is 4.98 Å². The highest BCUT2D eigenvalue weighted by atomic mass is 17.2. The number of carbonyl (C=O) groups is 4. The molecule has 4 fully saturated rings. The smallest absolute Gasteiger partial charge is 0.311 e. The third-order valence-corrected chi connectivity index (χ3v) is 13.8. The molecule has 7 atom stereocenters. The van der Waals surface area contributed by atoms with Gasteiger partial charge >= 0.3 is 11.9 Å². The second kappa shape index (κ2) is 12.5. The molecule has 0 saturated heterocycles. The standard InChI is InChI=1S/C32H48O5.C7H8N2O/c1-19(2)25-22(34)18-32(27(35)37-36-20(3)33)17-16-30(7)21(26(25)32)10-11-24-29(6)14-9-13-28(4,5)23(29)12-15-31(24,30)8;1-6(10)9-7-4-2-3-5-8-7/h19,21,23-24H,9-18H2,1-8H3;2-5H,1H3,(H,8,9,10)/t21-,23+,24-,29+,30-,31-,32-;/m1./s1. The molecule has 5 aliphatic rings. The van der Waals surface area contributed by atoms with Crippen molar-refractivity contribution in [3.8, 4) is 0 Å². The van der Waals surface area contributed by atoms with Crippen LogP contribution in [0.4, 0.5) is 5.82 Å². The second-order valence-electron chi connectivity index (χ2n) is 17.0. The number of amides is 1. The quantitative estimate of drug-likeness (QED) is 0.259. The molecular weight excluding hydrogens is 592 g/mol. The van der Waals surface area contributed by atoms with Crippen molar-refractivity contribution < 1.29 is 29.0 Å². The molecule has 1 heterocycles. The van der Waals surface area contributed by atoms with E-state index in [0.717, 1.165) is 36.3 Å². The van der Waals surface area contributed by atoms with E-state index in [1.54, 1.807) is 18.3 Å². The predicted molar refractivity (Wildman–Crippen MR) is 180 cm³/mol. The average molecular weight is 649 g/mol. The van der Waals surface area contributed by atoms with Gasteiger partial charge in [-0.25, -0.2) is 24.3 Å². The molecular formula is C39H56N2O6. The van der Waals surface area contributed by atoms with Gasteiger partial charge in [0.15, 0.2) is 5.78 Å². The van der Waals surface area contributed by atoms with Gasteiger partial charge < -0.3 is 5.32 Å². The van der Waals surface area contributed by atoms with E-state index in [1.165, 1.54) is 46.0 Å². The van der Waals surface area contributed by atoms with E-state index in [-0.39, 0.29) is 40.8 Å². The van der Waals surface area contributed by atoms with Gasteiger partial charge in [0.1, 0.15) is 11.2 Å². The maximum atomic E-state index is 13.6. The Morgan fingerprint density at radius 3 is 2.21 bits per heavy atom. The van der Waals surface area contributed by atoms with Crippen LogP contribution in [0.1, 0.15) is 127 Å². The lowest BCUT2D eigenvalue weighted by atomic mass is 9.33. The van der Waals surface area contributed by atoms with Crippen LogP contribution in [0, 0.1) is 50.7 Å². The number of nitrogens with one attached hydrogen (secondary N) is 1. The summed E-state index contributed by atoms with van der Waals surface area (Å²) < 4.78 is 0. The van der Waals surface area contributed by atoms with Crippen LogP contribution >= 0.6 is 0 Å². The summed E-state index contributed by atoms with van der Waals surface area (Å²) >= 11 is 0. The zero-order chi connectivity index (χ0) is 34.6. The van der Waals surface area contributed by atoms with Gasteiger partial charge in [-0.3, -0.25) is 9.59 Å². The normalized spacial score (nSPS) is 36.9. The largest absolute Gasteiger partial charge is 0.366 e. The van der Waals surface area contributed by atoms with Crippen LogP contribution in [0.3, 0.4) is 0 Å². The molecule has 1 aromatic rings. The lowest BCUT2D eigenvalue weighted by molar-refractivity contribution is -0.267. The van der Waals surface area contributed by atoms with Crippen LogP contribution in [0.25, 0.3) is 0 Å². The lowest BCUT2D eigenvalue weighted by Gasteiger charge is -2.71. The number of fused-ring (bicyclic) bond motifs is 7.